The van der Waals surface area contributed by atoms with Crippen molar-refractivity contribution in [1.29, 1.82) is 0 Å². The molecule has 0 aromatic rings. The number of hydrogen-bond donors (Lipinski definition) is 3. The molecule has 2 rings (SSSR count). The number of likely N-dealkylation sites (tertiary alicyclic amines) is 1. The van der Waals surface area contributed by atoms with Gasteiger partial charge in [-0.2, -0.15) is 13.2 Å². The van der Waals surface area contributed by atoms with Gasteiger partial charge in [-0.25, -0.2) is 0 Å². The Labute approximate surface area is 133 Å². The van der Waals surface area contributed by atoms with Gasteiger partial charge in [0.05, 0.1) is 6.54 Å². The number of piperidine rings is 1. The summed E-state index contributed by atoms with van der Waals surface area (Å²) in [5, 5.41) is 14.9. The van der Waals surface area contributed by atoms with E-state index < -0.39 is 18.8 Å². The Kier molecular flexibility index (Phi) is 5.38. The molecule has 2 atom stereocenters. The van der Waals surface area contributed by atoms with Crippen LogP contribution < -0.4 is 10.6 Å². The first kappa shape index (κ1) is 17.8. The van der Waals surface area contributed by atoms with E-state index in [1.165, 1.54) is 0 Å². The normalized spacial score (nSPS) is 27.3. The molecule has 23 heavy (non-hydrogen) atoms. The van der Waals surface area contributed by atoms with Gasteiger partial charge in [-0.15, -0.1) is 0 Å². The van der Waals surface area contributed by atoms with Crippen LogP contribution in [0.4, 0.5) is 13.2 Å². The van der Waals surface area contributed by atoms with Gasteiger partial charge in [0.25, 0.3) is 0 Å². The zero-order chi connectivity index (χ0) is 17.1. The minimum Gasteiger partial charge on any atom is -0.382 e. The minimum absolute atomic E-state index is 0.0151. The number of carbonyl (C=O) groups is 1. The fraction of sp³-hybridized carbons (Fsp3) is 0.857. The summed E-state index contributed by atoms with van der Waals surface area (Å²) in [7, 11) is 0. The summed E-state index contributed by atoms with van der Waals surface area (Å²) < 4.78 is 37.2. The van der Waals surface area contributed by atoms with Crippen LogP contribution in [0.1, 0.15) is 26.2 Å². The maximum absolute atomic E-state index is 12.4. The number of rotatable bonds is 3. The molecule has 132 valence electrons. The molecule has 0 aromatic carbocycles. The molecule has 2 saturated heterocycles. The average Bonchev–Trinajstić information content (AvgIpc) is 2.82. The summed E-state index contributed by atoms with van der Waals surface area (Å²) in [5.74, 6) is 0.371. The van der Waals surface area contributed by atoms with E-state index in [0.29, 0.717) is 38.6 Å². The van der Waals surface area contributed by atoms with E-state index in [1.54, 1.807) is 0 Å². The third kappa shape index (κ3) is 4.49. The molecule has 1 spiro atoms. The molecular weight excluding hydrogens is 313 g/mol. The first-order valence-electron chi connectivity index (χ1n) is 7.80. The summed E-state index contributed by atoms with van der Waals surface area (Å²) in [6.45, 7) is 3.45. The number of halogens is 3. The second-order valence-corrected chi connectivity index (χ2v) is 6.23. The lowest BCUT2D eigenvalue weighted by molar-refractivity contribution is -0.199. The van der Waals surface area contributed by atoms with Crippen LogP contribution in [0, 0.1) is 5.41 Å². The predicted octanol–water partition coefficient (Wildman–Crippen LogP) is 0.477. The number of nitrogens with one attached hydrogen (secondary N) is 2. The summed E-state index contributed by atoms with van der Waals surface area (Å²) in [5.41, 5.74) is -0.172. The van der Waals surface area contributed by atoms with E-state index in [4.69, 9.17) is 5.11 Å². The molecule has 0 aromatic heterocycles. The van der Waals surface area contributed by atoms with Crippen molar-refractivity contribution in [3.05, 3.63) is 0 Å². The lowest BCUT2D eigenvalue weighted by atomic mass is 9.79. The maximum Gasteiger partial charge on any atom is 0.416 e. The van der Waals surface area contributed by atoms with Crippen molar-refractivity contribution in [2.24, 2.45) is 10.4 Å². The first-order chi connectivity index (χ1) is 10.8. The summed E-state index contributed by atoms with van der Waals surface area (Å²) in [6.07, 6.45) is -4.95. The van der Waals surface area contributed by atoms with Crippen molar-refractivity contribution in [1.82, 2.24) is 15.5 Å². The van der Waals surface area contributed by atoms with Crippen LogP contribution in [0.15, 0.2) is 4.99 Å². The van der Waals surface area contributed by atoms with E-state index in [1.807, 2.05) is 11.8 Å². The van der Waals surface area contributed by atoms with E-state index in [2.05, 4.69) is 15.6 Å². The Morgan fingerprint density at radius 1 is 1.57 bits per heavy atom. The van der Waals surface area contributed by atoms with Crippen LogP contribution in [-0.4, -0.2) is 66.9 Å². The van der Waals surface area contributed by atoms with Gasteiger partial charge >= 0.3 is 6.18 Å². The minimum atomic E-state index is -4.67. The molecule has 6 nitrogen and oxygen atoms in total. The summed E-state index contributed by atoms with van der Waals surface area (Å²) in [6, 6.07) is 0. The summed E-state index contributed by atoms with van der Waals surface area (Å²) >= 11 is 0. The topological polar surface area (TPSA) is 77.0 Å². The highest BCUT2D eigenvalue weighted by Crippen LogP contribution is 2.36. The molecule has 9 heteroatoms. The van der Waals surface area contributed by atoms with Gasteiger partial charge in [-0.1, -0.05) is 0 Å². The molecule has 0 aliphatic carbocycles. The number of amides is 1. The van der Waals surface area contributed by atoms with E-state index in [9.17, 15) is 18.0 Å². The fourth-order valence-corrected chi connectivity index (χ4v) is 3.13. The Morgan fingerprint density at radius 3 is 2.87 bits per heavy atom. The third-order valence-corrected chi connectivity index (χ3v) is 4.28. The van der Waals surface area contributed by atoms with Gasteiger partial charge in [-0.05, 0) is 19.8 Å². The van der Waals surface area contributed by atoms with Crippen LogP contribution in [0.5, 0.6) is 0 Å². The highest BCUT2D eigenvalue weighted by molar-refractivity contribution is 5.81. The Bertz CT molecular complexity index is 469. The van der Waals surface area contributed by atoms with Gasteiger partial charge in [0, 0.05) is 38.0 Å². The molecule has 0 bridgehead atoms. The highest BCUT2D eigenvalue weighted by Gasteiger charge is 2.42. The quantitative estimate of drug-likeness (QED) is 0.517. The Hall–Kier alpha value is -1.51. The molecule has 0 radical (unpaired) electrons. The van der Waals surface area contributed by atoms with Crippen molar-refractivity contribution in [2.45, 2.75) is 38.5 Å². The highest BCUT2D eigenvalue weighted by atomic mass is 19.4. The van der Waals surface area contributed by atoms with Crippen LogP contribution in [0.3, 0.4) is 0 Å². The van der Waals surface area contributed by atoms with E-state index in [0.717, 1.165) is 12.8 Å². The van der Waals surface area contributed by atoms with Gasteiger partial charge in [0.1, 0.15) is 0 Å². The molecular formula is C14H23F3N4O2. The maximum atomic E-state index is 12.4. The van der Waals surface area contributed by atoms with Crippen LogP contribution >= 0.6 is 0 Å². The van der Waals surface area contributed by atoms with Gasteiger partial charge in [0.15, 0.2) is 12.1 Å². The lowest BCUT2D eigenvalue weighted by Gasteiger charge is -2.40. The van der Waals surface area contributed by atoms with E-state index >= 15 is 0 Å². The Balaban J connectivity index is 2.06. The number of nitrogens with zero attached hydrogens (tertiary/aromatic N) is 2. The zero-order valence-corrected chi connectivity index (χ0v) is 13.1. The molecule has 2 aliphatic rings. The predicted molar refractivity (Wildman–Crippen MR) is 78.9 cm³/mol. The zero-order valence-electron chi connectivity index (χ0n) is 13.1. The standard InChI is InChI=1S/C14H23F3N4O2/c1-2-18-12(19-7-10(22)14(15,16)17)21-5-3-4-13(9-21)6-11(23)20-8-13/h10,22H,2-9H2,1H3,(H,18,19)(H,20,23). The molecule has 2 aliphatic heterocycles. The number of alkyl halides is 3. The molecule has 2 unspecified atom stereocenters. The second kappa shape index (κ2) is 6.94. The van der Waals surface area contributed by atoms with Gasteiger partial charge in [0.2, 0.25) is 5.91 Å². The van der Waals surface area contributed by atoms with Crippen molar-refractivity contribution >= 4 is 11.9 Å². The molecule has 2 heterocycles. The lowest BCUT2D eigenvalue weighted by Crippen LogP contribution is -2.51. The van der Waals surface area contributed by atoms with Crippen LogP contribution in [0.2, 0.25) is 0 Å². The molecule has 3 N–H and O–H groups in total. The van der Waals surface area contributed by atoms with Crippen molar-refractivity contribution < 1.29 is 23.1 Å². The first-order valence-corrected chi connectivity index (χ1v) is 7.80. The Morgan fingerprint density at radius 2 is 2.30 bits per heavy atom. The molecule has 0 saturated carbocycles. The number of aliphatic hydroxyl groups excluding tert-OH is 1. The van der Waals surface area contributed by atoms with Gasteiger partial charge in [-0.3, -0.25) is 9.79 Å². The van der Waals surface area contributed by atoms with Crippen LogP contribution in [-0.2, 0) is 4.79 Å². The number of aliphatic hydroxyl groups is 1. The molecule has 2 fully saturated rings. The van der Waals surface area contributed by atoms with Crippen molar-refractivity contribution in [3.8, 4) is 0 Å². The smallest absolute Gasteiger partial charge is 0.382 e. The van der Waals surface area contributed by atoms with Crippen molar-refractivity contribution in [3.63, 3.8) is 0 Å². The monoisotopic (exact) mass is 336 g/mol. The number of aliphatic imine (C=N–C) groups is 1. The van der Waals surface area contributed by atoms with Gasteiger partial charge < -0.3 is 20.6 Å². The summed E-state index contributed by atoms with van der Waals surface area (Å²) in [4.78, 5) is 17.3. The average molecular weight is 336 g/mol. The number of hydrogen-bond acceptors (Lipinski definition) is 3. The largest absolute Gasteiger partial charge is 0.416 e. The number of carbonyl (C=O) groups excluding carboxylic acids is 1. The molecule has 1 amide bonds. The second-order valence-electron chi connectivity index (χ2n) is 6.23. The SMILES string of the molecule is CCNC(=NCC(O)C(F)(F)F)N1CCCC2(CNC(=O)C2)C1. The third-order valence-electron chi connectivity index (χ3n) is 4.28. The fourth-order valence-electron chi connectivity index (χ4n) is 3.13. The van der Waals surface area contributed by atoms with Crippen molar-refractivity contribution in [2.75, 3.05) is 32.7 Å². The van der Waals surface area contributed by atoms with Crippen LogP contribution in [0.25, 0.3) is 0 Å². The number of guanidine groups is 1. The van der Waals surface area contributed by atoms with E-state index in [-0.39, 0.29) is 11.3 Å².